The van der Waals surface area contributed by atoms with Crippen molar-refractivity contribution in [1.82, 2.24) is 24.8 Å². The van der Waals surface area contributed by atoms with Gasteiger partial charge in [0.1, 0.15) is 0 Å². The van der Waals surface area contributed by atoms with Crippen LogP contribution in [0, 0.1) is 6.92 Å². The van der Waals surface area contributed by atoms with E-state index in [-0.39, 0.29) is 11.9 Å². The van der Waals surface area contributed by atoms with Crippen molar-refractivity contribution in [3.8, 4) is 11.4 Å². The number of pyridine rings is 2. The number of aromatic nitrogens is 4. The monoisotopic (exact) mass is 363 g/mol. The van der Waals surface area contributed by atoms with Crippen LogP contribution in [0.5, 0.6) is 0 Å². The number of carbonyl (C=O) groups excluding carboxylic acids is 1. The molecule has 27 heavy (non-hydrogen) atoms. The van der Waals surface area contributed by atoms with Crippen LogP contribution in [0.2, 0.25) is 0 Å². The molecule has 0 spiro atoms. The van der Waals surface area contributed by atoms with E-state index in [1.165, 1.54) is 0 Å². The smallest absolute Gasteiger partial charge is 0.257 e. The molecule has 0 saturated carbocycles. The highest BCUT2D eigenvalue weighted by Crippen LogP contribution is 2.22. The zero-order valence-corrected chi connectivity index (χ0v) is 15.5. The number of rotatable bonds is 6. The van der Waals surface area contributed by atoms with Gasteiger partial charge < -0.3 is 9.64 Å². The summed E-state index contributed by atoms with van der Waals surface area (Å²) in [6, 6.07) is 9.00. The highest BCUT2D eigenvalue weighted by molar-refractivity contribution is 5.95. The van der Waals surface area contributed by atoms with Crippen LogP contribution in [0.4, 0.5) is 0 Å². The van der Waals surface area contributed by atoms with Gasteiger partial charge in [-0.2, -0.15) is 0 Å². The molecule has 7 heteroatoms. The first-order chi connectivity index (χ1) is 13.1. The van der Waals surface area contributed by atoms with Crippen LogP contribution in [0.1, 0.15) is 27.8 Å². The summed E-state index contributed by atoms with van der Waals surface area (Å²) < 4.78 is 5.30. The molecule has 0 radical (unpaired) electrons. The summed E-state index contributed by atoms with van der Waals surface area (Å²) in [6.07, 6.45) is 6.65. The first-order valence-electron chi connectivity index (χ1n) is 8.53. The average Bonchev–Trinajstić information content (AvgIpc) is 2.72. The van der Waals surface area contributed by atoms with Gasteiger partial charge in [-0.05, 0) is 31.2 Å². The van der Waals surface area contributed by atoms with E-state index in [4.69, 9.17) is 4.74 Å². The van der Waals surface area contributed by atoms with Crippen LogP contribution in [-0.4, -0.2) is 51.5 Å². The minimum absolute atomic E-state index is 0.182. The van der Waals surface area contributed by atoms with Crippen LogP contribution >= 0.6 is 0 Å². The van der Waals surface area contributed by atoms with Gasteiger partial charge in [-0.3, -0.25) is 14.8 Å². The normalized spacial score (nSPS) is 11.8. The largest absolute Gasteiger partial charge is 0.382 e. The van der Waals surface area contributed by atoms with Gasteiger partial charge in [-0.1, -0.05) is 6.07 Å². The topological polar surface area (TPSA) is 81.1 Å². The fourth-order valence-electron chi connectivity index (χ4n) is 2.77. The molecule has 0 N–H and O–H groups in total. The summed E-state index contributed by atoms with van der Waals surface area (Å²) in [5, 5.41) is 0. The molecule has 0 bridgehead atoms. The minimum Gasteiger partial charge on any atom is -0.382 e. The lowest BCUT2D eigenvalue weighted by Crippen LogP contribution is -2.34. The summed E-state index contributed by atoms with van der Waals surface area (Å²) in [7, 11) is 3.33. The third kappa shape index (κ3) is 4.15. The molecule has 0 aliphatic heterocycles. The average molecular weight is 363 g/mol. The van der Waals surface area contributed by atoms with Gasteiger partial charge in [0.2, 0.25) is 0 Å². The molecule has 138 valence electrons. The lowest BCUT2D eigenvalue weighted by Gasteiger charge is -2.27. The number of methoxy groups -OCH3 is 1. The summed E-state index contributed by atoms with van der Waals surface area (Å²) in [5.74, 6) is 0.357. The molecule has 1 atom stereocenters. The van der Waals surface area contributed by atoms with Gasteiger partial charge in [0.15, 0.2) is 5.82 Å². The fraction of sp³-hybridized carbons (Fsp3) is 0.250. The summed E-state index contributed by atoms with van der Waals surface area (Å²) in [4.78, 5) is 31.9. The first-order valence-corrected chi connectivity index (χ1v) is 8.53. The van der Waals surface area contributed by atoms with E-state index in [0.29, 0.717) is 23.7 Å². The number of hydrogen-bond acceptors (Lipinski definition) is 6. The molecule has 3 heterocycles. The Kier molecular flexibility index (Phi) is 5.83. The fourth-order valence-corrected chi connectivity index (χ4v) is 2.77. The molecule has 3 aromatic rings. The molecule has 0 unspecified atom stereocenters. The first kappa shape index (κ1) is 18.6. The Bertz CT molecular complexity index is 903. The van der Waals surface area contributed by atoms with Crippen molar-refractivity contribution in [3.63, 3.8) is 0 Å². The maximum absolute atomic E-state index is 13.1. The lowest BCUT2D eigenvalue weighted by molar-refractivity contribution is 0.0593. The summed E-state index contributed by atoms with van der Waals surface area (Å²) in [6.45, 7) is 2.14. The number of ether oxygens (including phenoxy) is 1. The number of hydrogen-bond donors (Lipinski definition) is 0. The predicted molar refractivity (Wildman–Crippen MR) is 101 cm³/mol. The van der Waals surface area contributed by atoms with Gasteiger partial charge in [0.25, 0.3) is 5.91 Å². The third-order valence-electron chi connectivity index (χ3n) is 4.27. The van der Waals surface area contributed by atoms with E-state index in [0.717, 1.165) is 11.3 Å². The van der Waals surface area contributed by atoms with Crippen LogP contribution in [0.25, 0.3) is 11.4 Å². The van der Waals surface area contributed by atoms with Crippen LogP contribution in [-0.2, 0) is 4.74 Å². The van der Waals surface area contributed by atoms with Crippen molar-refractivity contribution < 1.29 is 9.53 Å². The Morgan fingerprint density at radius 3 is 2.63 bits per heavy atom. The maximum atomic E-state index is 13.1. The van der Waals surface area contributed by atoms with E-state index in [2.05, 4.69) is 19.9 Å². The zero-order valence-electron chi connectivity index (χ0n) is 15.5. The Labute approximate surface area is 158 Å². The SMILES string of the molecule is COC[C@H](c1ccccn1)N(C)C(=O)c1cnc(-c2cccnc2)nc1C. The van der Waals surface area contributed by atoms with Crippen molar-refractivity contribution >= 4 is 5.91 Å². The number of aryl methyl sites for hydroxylation is 1. The Morgan fingerprint density at radius 2 is 2.00 bits per heavy atom. The Balaban J connectivity index is 1.88. The van der Waals surface area contributed by atoms with Gasteiger partial charge in [0, 0.05) is 44.5 Å². The quantitative estimate of drug-likeness (QED) is 0.670. The van der Waals surface area contributed by atoms with E-state index < -0.39 is 0 Å². The van der Waals surface area contributed by atoms with E-state index in [1.807, 2.05) is 30.3 Å². The Hall–Kier alpha value is -3.19. The molecule has 0 aliphatic rings. The predicted octanol–water partition coefficient (Wildman–Crippen LogP) is 2.70. The van der Waals surface area contributed by atoms with Gasteiger partial charge in [-0.15, -0.1) is 0 Å². The van der Waals surface area contributed by atoms with Gasteiger partial charge in [0.05, 0.1) is 29.6 Å². The van der Waals surface area contributed by atoms with Crippen molar-refractivity contribution in [2.75, 3.05) is 20.8 Å². The molecule has 0 fully saturated rings. The number of likely N-dealkylation sites (N-methyl/N-ethyl adjacent to an activating group) is 1. The van der Waals surface area contributed by atoms with E-state index in [1.54, 1.807) is 50.8 Å². The summed E-state index contributed by atoms with van der Waals surface area (Å²) in [5.41, 5.74) is 2.62. The highest BCUT2D eigenvalue weighted by atomic mass is 16.5. The molecule has 0 aromatic carbocycles. The molecule has 1 amide bonds. The lowest BCUT2D eigenvalue weighted by atomic mass is 10.1. The van der Waals surface area contributed by atoms with E-state index >= 15 is 0 Å². The van der Waals surface area contributed by atoms with Crippen LogP contribution < -0.4 is 0 Å². The van der Waals surface area contributed by atoms with Crippen molar-refractivity contribution in [3.05, 3.63) is 72.1 Å². The second kappa shape index (κ2) is 8.46. The second-order valence-corrected chi connectivity index (χ2v) is 6.08. The zero-order chi connectivity index (χ0) is 19.2. The molecule has 0 aliphatic carbocycles. The van der Waals surface area contributed by atoms with Crippen LogP contribution in [0.15, 0.2) is 55.1 Å². The standard InChI is InChI=1S/C20H21N5O2/c1-14-16(12-23-19(24-14)15-7-6-9-21-11-15)20(26)25(2)18(13-27-3)17-8-4-5-10-22-17/h4-12,18H,13H2,1-3H3/t18-/m1/s1. The Morgan fingerprint density at radius 1 is 1.15 bits per heavy atom. The van der Waals surface area contributed by atoms with Gasteiger partial charge in [-0.25, -0.2) is 9.97 Å². The molecular formula is C20H21N5O2. The molecule has 7 nitrogen and oxygen atoms in total. The van der Waals surface area contributed by atoms with Crippen molar-refractivity contribution in [1.29, 1.82) is 0 Å². The molecule has 0 saturated heterocycles. The van der Waals surface area contributed by atoms with Gasteiger partial charge >= 0.3 is 0 Å². The van der Waals surface area contributed by atoms with Crippen molar-refractivity contribution in [2.45, 2.75) is 13.0 Å². The number of carbonyl (C=O) groups is 1. The van der Waals surface area contributed by atoms with Crippen LogP contribution in [0.3, 0.4) is 0 Å². The molecular weight excluding hydrogens is 342 g/mol. The molecule has 3 rings (SSSR count). The maximum Gasteiger partial charge on any atom is 0.257 e. The van der Waals surface area contributed by atoms with E-state index in [9.17, 15) is 4.79 Å². The minimum atomic E-state index is -0.305. The molecule has 3 aromatic heterocycles. The second-order valence-electron chi connectivity index (χ2n) is 6.08. The highest BCUT2D eigenvalue weighted by Gasteiger charge is 2.25. The number of amides is 1. The van der Waals surface area contributed by atoms with Crippen molar-refractivity contribution in [2.24, 2.45) is 0 Å². The summed E-state index contributed by atoms with van der Waals surface area (Å²) >= 11 is 0. The third-order valence-corrected chi connectivity index (χ3v) is 4.27. The number of nitrogens with zero attached hydrogens (tertiary/aromatic N) is 5.